The first kappa shape index (κ1) is 34.0. The molecule has 0 radical (unpaired) electrons. The van der Waals surface area contributed by atoms with Gasteiger partial charge in [0.2, 0.25) is 0 Å². The normalized spacial score (nSPS) is 17.0. The van der Waals surface area contributed by atoms with E-state index in [2.05, 4.69) is 39.3 Å². The van der Waals surface area contributed by atoms with Crippen molar-refractivity contribution in [2.75, 3.05) is 57.5 Å². The molecule has 2 aromatic carbocycles. The van der Waals surface area contributed by atoms with Gasteiger partial charge in [0.25, 0.3) is 0 Å². The zero-order valence-corrected chi connectivity index (χ0v) is 26.4. The molecule has 1 aliphatic rings. The van der Waals surface area contributed by atoms with Crippen LogP contribution in [0.15, 0.2) is 47.4 Å². The Morgan fingerprint density at radius 1 is 1.13 bits per heavy atom. The van der Waals surface area contributed by atoms with Crippen LogP contribution in [-0.4, -0.2) is 83.0 Å². The summed E-state index contributed by atoms with van der Waals surface area (Å²) in [5.74, 6) is 5.92. The Morgan fingerprint density at radius 3 is 2.56 bits per heavy atom. The highest BCUT2D eigenvalue weighted by molar-refractivity contribution is 7.90. The van der Waals surface area contributed by atoms with E-state index in [1.54, 1.807) is 25.3 Å². The molecule has 242 valence electrons. The number of sulfone groups is 1. The zero-order valence-electron chi connectivity index (χ0n) is 25.6. The highest BCUT2D eigenvalue weighted by Crippen LogP contribution is 2.33. The molecule has 0 atom stereocenters. The van der Waals surface area contributed by atoms with Crippen LogP contribution in [-0.2, 0) is 21.1 Å². The van der Waals surface area contributed by atoms with Crippen molar-refractivity contribution in [3.8, 4) is 17.6 Å². The van der Waals surface area contributed by atoms with Crippen LogP contribution < -0.4 is 15.4 Å². The smallest absolute Gasteiger partial charge is 0.406 e. The second kappa shape index (κ2) is 14.9. The Bertz CT molecular complexity index is 1680. The molecule has 0 spiro atoms. The van der Waals surface area contributed by atoms with Crippen molar-refractivity contribution in [3.63, 3.8) is 0 Å². The highest BCUT2D eigenvalue weighted by atomic mass is 32.2. The zero-order chi connectivity index (χ0) is 32.6. The number of nitrogens with one attached hydrogen (secondary N) is 2. The fourth-order valence-corrected chi connectivity index (χ4v) is 6.17. The van der Waals surface area contributed by atoms with Gasteiger partial charge < -0.3 is 29.6 Å². The highest BCUT2D eigenvalue weighted by Gasteiger charge is 2.30. The van der Waals surface area contributed by atoms with Crippen LogP contribution in [0, 0.1) is 18.4 Å². The second-order valence-electron chi connectivity index (χ2n) is 11.1. The van der Waals surface area contributed by atoms with Gasteiger partial charge in [-0.2, -0.15) is 13.2 Å². The van der Waals surface area contributed by atoms with Crippen molar-refractivity contribution in [2.45, 2.75) is 55.4 Å². The monoisotopic (exact) mass is 645 g/mol. The van der Waals surface area contributed by atoms with E-state index in [4.69, 9.17) is 16.0 Å². The van der Waals surface area contributed by atoms with E-state index in [9.17, 15) is 21.6 Å². The first-order valence-electron chi connectivity index (χ1n) is 14.6. The van der Waals surface area contributed by atoms with Crippen LogP contribution in [0.4, 0.5) is 24.5 Å². The summed E-state index contributed by atoms with van der Waals surface area (Å²) < 4.78 is 76.7. The van der Waals surface area contributed by atoms with Crippen LogP contribution in [0.5, 0.6) is 5.75 Å². The topological polar surface area (TPSA) is 89.2 Å². The maximum absolute atomic E-state index is 13.7. The van der Waals surface area contributed by atoms with E-state index in [1.807, 2.05) is 6.07 Å². The lowest BCUT2D eigenvalue weighted by molar-refractivity contribution is -0.140. The van der Waals surface area contributed by atoms with Gasteiger partial charge in [0.1, 0.15) is 6.54 Å². The number of anilines is 2. The molecule has 1 fully saturated rings. The van der Waals surface area contributed by atoms with E-state index >= 15 is 0 Å². The summed E-state index contributed by atoms with van der Waals surface area (Å²) in [5, 5.41) is 7.26. The van der Waals surface area contributed by atoms with Crippen LogP contribution >= 0.6 is 0 Å². The molecule has 1 heterocycles. The molecule has 3 aromatic rings. The van der Waals surface area contributed by atoms with Crippen LogP contribution in [0.2, 0.25) is 0 Å². The fourth-order valence-electron chi connectivity index (χ4n) is 5.54. The van der Waals surface area contributed by atoms with Crippen molar-refractivity contribution < 1.29 is 31.1 Å². The van der Waals surface area contributed by atoms with Crippen molar-refractivity contribution in [3.05, 3.63) is 59.6 Å². The molecule has 4 rings (SSSR count). The van der Waals surface area contributed by atoms with Crippen LogP contribution in [0.1, 0.15) is 31.4 Å². The molecule has 0 bridgehead atoms. The van der Waals surface area contributed by atoms with Crippen molar-refractivity contribution >= 4 is 32.1 Å². The summed E-state index contributed by atoms with van der Waals surface area (Å²) in [6, 6.07) is 11.9. The molecule has 2 N–H and O–H groups in total. The largest absolute Gasteiger partial charge is 0.424 e. The second-order valence-corrected chi connectivity index (χ2v) is 13.1. The van der Waals surface area contributed by atoms with Crippen molar-refractivity contribution in [2.24, 2.45) is 0 Å². The molecule has 9 nitrogen and oxygen atoms in total. The average Bonchev–Trinajstić information content (AvgIpc) is 3.33. The number of hydrogen-bond acceptors (Lipinski definition) is 7. The van der Waals surface area contributed by atoms with Gasteiger partial charge >= 0.3 is 12.9 Å². The summed E-state index contributed by atoms with van der Waals surface area (Å²) in [6.07, 6.45) is 0.561. The number of ether oxygens (including phenoxy) is 2. The Morgan fingerprint density at radius 2 is 1.89 bits per heavy atom. The minimum absolute atomic E-state index is 0.0302. The van der Waals surface area contributed by atoms with Gasteiger partial charge in [0, 0.05) is 49.1 Å². The Labute approximate surface area is 262 Å². The lowest BCUT2D eigenvalue weighted by Crippen LogP contribution is -2.39. The number of alkyl halides is 3. The first-order chi connectivity index (χ1) is 21.4. The van der Waals surface area contributed by atoms with E-state index in [0.717, 1.165) is 44.2 Å². The van der Waals surface area contributed by atoms with Gasteiger partial charge in [-0.25, -0.2) is 15.0 Å². The van der Waals surface area contributed by atoms with Gasteiger partial charge in [0.15, 0.2) is 15.6 Å². The standard InChI is InChI=1S/C32H38F3N5O4S/c1-36-22-44-31-20-26(45(4,41)42)14-15-29(31)37-16-6-7-25-19-27-28(8-5-9-30(27)40(25)21-32(33,34)35)38-23-10-12-24(13-11-23)39(2)17-18-43-3/h5,8-9,14-15,19-20,23-24,37-38H,10-13,16-18,21-22H2,2-4H3. The molecule has 13 heteroatoms. The number of methoxy groups -OCH3 is 1. The number of hydrogen-bond donors (Lipinski definition) is 2. The number of fused-ring (bicyclic) bond motifs is 1. The third kappa shape index (κ3) is 9.30. The third-order valence-electron chi connectivity index (χ3n) is 7.86. The third-order valence-corrected chi connectivity index (χ3v) is 8.97. The predicted molar refractivity (Wildman–Crippen MR) is 169 cm³/mol. The van der Waals surface area contributed by atoms with Gasteiger partial charge in [0.05, 0.1) is 34.9 Å². The number of benzene rings is 2. The lowest BCUT2D eigenvalue weighted by Gasteiger charge is -2.35. The minimum Gasteiger partial charge on any atom is -0.424 e. The SMILES string of the molecule is [C-]#[N+]COc1cc(S(C)(=O)=O)ccc1NCC#Cc1cc2c(NC3CCC(N(C)CCOC)CC3)cccc2n1CC(F)(F)F. The summed E-state index contributed by atoms with van der Waals surface area (Å²) in [7, 11) is 0.300. The number of aromatic nitrogens is 1. The van der Waals surface area contributed by atoms with Crippen molar-refractivity contribution in [1.29, 1.82) is 0 Å². The molecule has 1 saturated carbocycles. The summed E-state index contributed by atoms with van der Waals surface area (Å²) in [6.45, 7) is 7.07. The van der Waals surface area contributed by atoms with Crippen LogP contribution in [0.25, 0.3) is 15.7 Å². The van der Waals surface area contributed by atoms with Gasteiger partial charge in [-0.3, -0.25) is 4.85 Å². The average molecular weight is 646 g/mol. The van der Waals surface area contributed by atoms with Gasteiger partial charge in [-0.1, -0.05) is 12.0 Å². The Kier molecular flexibility index (Phi) is 11.3. The molecule has 0 saturated heterocycles. The molecular weight excluding hydrogens is 607 g/mol. The molecular formula is C32H38F3N5O4S. The summed E-state index contributed by atoms with van der Waals surface area (Å²) in [5.41, 5.74) is 1.84. The molecule has 0 aliphatic heterocycles. The molecule has 0 amide bonds. The maximum atomic E-state index is 13.7. The quantitative estimate of drug-likeness (QED) is 0.195. The van der Waals surface area contributed by atoms with Gasteiger partial charge in [-0.05, 0) is 69.0 Å². The van der Waals surface area contributed by atoms with E-state index < -0.39 is 22.6 Å². The molecule has 1 aromatic heterocycles. The Balaban J connectivity index is 1.53. The van der Waals surface area contributed by atoms with Crippen molar-refractivity contribution in [1.82, 2.24) is 9.47 Å². The van der Waals surface area contributed by atoms with E-state index in [-0.39, 0.29) is 35.7 Å². The Hall–Kier alpha value is -3.91. The summed E-state index contributed by atoms with van der Waals surface area (Å²) >= 11 is 0. The number of likely N-dealkylation sites (N-methyl/N-ethyl adjacent to an activating group) is 1. The maximum Gasteiger partial charge on any atom is 0.406 e. The molecule has 0 unspecified atom stereocenters. The lowest BCUT2D eigenvalue weighted by atomic mass is 9.90. The molecule has 45 heavy (non-hydrogen) atoms. The predicted octanol–water partition coefficient (Wildman–Crippen LogP) is 5.63. The number of rotatable bonds is 12. The van der Waals surface area contributed by atoms with E-state index in [0.29, 0.717) is 29.2 Å². The molecule has 1 aliphatic carbocycles. The van der Waals surface area contributed by atoms with Crippen LogP contribution in [0.3, 0.4) is 0 Å². The number of halogens is 3. The minimum atomic E-state index is -4.45. The summed E-state index contributed by atoms with van der Waals surface area (Å²) in [4.78, 5) is 5.49. The fraction of sp³-hybridized carbons (Fsp3) is 0.469. The number of nitrogens with zero attached hydrogens (tertiary/aromatic N) is 3. The first-order valence-corrected chi connectivity index (χ1v) is 16.5. The van der Waals surface area contributed by atoms with Gasteiger partial charge in [-0.15, -0.1) is 0 Å². The van der Waals surface area contributed by atoms with E-state index in [1.165, 1.54) is 22.8 Å².